The molecule has 0 aliphatic carbocycles. The zero-order valence-electron chi connectivity index (χ0n) is 9.70. The Hall–Kier alpha value is -1.88. The van der Waals surface area contributed by atoms with Crippen LogP contribution < -0.4 is 10.1 Å². The van der Waals surface area contributed by atoms with Crippen LogP contribution in [-0.4, -0.2) is 32.0 Å². The van der Waals surface area contributed by atoms with Gasteiger partial charge in [0.15, 0.2) is 0 Å². The van der Waals surface area contributed by atoms with Crippen molar-refractivity contribution >= 4 is 17.4 Å². The Balaban J connectivity index is 2.33. The number of Topliss-reactive ketones (excluding diaryl/α,β-unsaturated/α-hetero) is 1. The number of ketones is 1. The minimum Gasteiger partial charge on any atom is -0.490 e. The Morgan fingerprint density at radius 3 is 2.71 bits per heavy atom. The second kappa shape index (κ2) is 4.55. The average Bonchev–Trinajstić information content (AvgIpc) is 2.61. The Labute approximate surface area is 98.7 Å². The van der Waals surface area contributed by atoms with Gasteiger partial charge in [0, 0.05) is 7.11 Å². The molecule has 1 aromatic rings. The Bertz CT molecular complexity index is 482. The highest BCUT2D eigenvalue weighted by Crippen LogP contribution is 2.34. The molecule has 0 unspecified atom stereocenters. The first kappa shape index (κ1) is 11.6. The van der Waals surface area contributed by atoms with E-state index in [1.165, 1.54) is 0 Å². The summed E-state index contributed by atoms with van der Waals surface area (Å²) in [6, 6.07) is 3.50. The van der Waals surface area contributed by atoms with E-state index in [1.54, 1.807) is 19.2 Å². The number of nitrogens with one attached hydrogen (secondary N) is 1. The molecule has 0 atom stereocenters. The number of rotatable bonds is 4. The monoisotopic (exact) mass is 235 g/mol. The molecule has 1 aromatic carbocycles. The summed E-state index contributed by atoms with van der Waals surface area (Å²) in [5.41, 5.74) is 1.72. The van der Waals surface area contributed by atoms with E-state index in [4.69, 9.17) is 9.47 Å². The van der Waals surface area contributed by atoms with E-state index in [-0.39, 0.29) is 0 Å². The molecule has 0 saturated carbocycles. The van der Waals surface area contributed by atoms with Crippen LogP contribution in [0, 0.1) is 6.92 Å². The van der Waals surface area contributed by atoms with Crippen molar-refractivity contribution in [3.63, 3.8) is 0 Å². The van der Waals surface area contributed by atoms with Crippen LogP contribution >= 0.6 is 0 Å². The maximum Gasteiger partial charge on any atom is 0.297 e. The molecule has 90 valence electrons. The number of hydrogen-bond donors (Lipinski definition) is 1. The highest BCUT2D eigenvalue weighted by molar-refractivity contribution is 6.52. The number of benzene rings is 1. The molecule has 1 amide bonds. The van der Waals surface area contributed by atoms with E-state index in [0.29, 0.717) is 30.2 Å². The summed E-state index contributed by atoms with van der Waals surface area (Å²) < 4.78 is 10.3. The van der Waals surface area contributed by atoms with E-state index in [9.17, 15) is 9.59 Å². The molecule has 5 nitrogen and oxygen atoms in total. The van der Waals surface area contributed by atoms with Gasteiger partial charge in [0.05, 0.1) is 17.9 Å². The quantitative estimate of drug-likeness (QED) is 0.628. The fourth-order valence-electron chi connectivity index (χ4n) is 1.71. The highest BCUT2D eigenvalue weighted by atomic mass is 16.5. The molecule has 5 heteroatoms. The van der Waals surface area contributed by atoms with Gasteiger partial charge in [-0.25, -0.2) is 0 Å². The lowest BCUT2D eigenvalue weighted by molar-refractivity contribution is -0.112. The number of aryl methyl sites for hydroxylation is 1. The third kappa shape index (κ3) is 2.01. The third-order valence-electron chi connectivity index (χ3n) is 2.59. The maximum atomic E-state index is 11.7. The molecular formula is C12H13NO4. The van der Waals surface area contributed by atoms with Crippen molar-refractivity contribution in [3.05, 3.63) is 23.3 Å². The Kier molecular flexibility index (Phi) is 3.10. The number of fused-ring (bicyclic) bond motifs is 1. The van der Waals surface area contributed by atoms with E-state index in [1.807, 2.05) is 6.92 Å². The first-order valence-corrected chi connectivity index (χ1v) is 5.26. The fourth-order valence-corrected chi connectivity index (χ4v) is 1.71. The summed E-state index contributed by atoms with van der Waals surface area (Å²) in [6.45, 7) is 2.60. The van der Waals surface area contributed by atoms with Crippen LogP contribution in [0.1, 0.15) is 15.9 Å². The second-order valence-corrected chi connectivity index (χ2v) is 3.76. The largest absolute Gasteiger partial charge is 0.490 e. The molecule has 1 N–H and O–H groups in total. The Morgan fingerprint density at radius 1 is 1.24 bits per heavy atom. The number of anilines is 1. The molecule has 1 aliphatic heterocycles. The number of amides is 1. The zero-order valence-corrected chi connectivity index (χ0v) is 9.70. The Morgan fingerprint density at radius 2 is 2.00 bits per heavy atom. The van der Waals surface area contributed by atoms with Crippen LogP contribution in [0.15, 0.2) is 12.1 Å². The van der Waals surface area contributed by atoms with Crippen molar-refractivity contribution in [2.45, 2.75) is 6.92 Å². The standard InChI is InChI=1S/C12H13NO4/c1-7-3-4-8(17-6-5-16-2)9-10(7)13-12(15)11(9)14/h3-4H,5-6H2,1-2H3,(H,13,14,15). The SMILES string of the molecule is COCCOc1ccc(C)c2c1C(=O)C(=O)N2. The van der Waals surface area contributed by atoms with E-state index < -0.39 is 11.7 Å². The van der Waals surface area contributed by atoms with Crippen molar-refractivity contribution in [1.29, 1.82) is 0 Å². The van der Waals surface area contributed by atoms with Crippen LogP contribution in [0.2, 0.25) is 0 Å². The van der Waals surface area contributed by atoms with Gasteiger partial charge in [0.1, 0.15) is 12.4 Å². The summed E-state index contributed by atoms with van der Waals surface area (Å²) in [5, 5.41) is 2.55. The molecule has 0 saturated heterocycles. The summed E-state index contributed by atoms with van der Waals surface area (Å²) in [7, 11) is 1.57. The van der Waals surface area contributed by atoms with Crippen molar-refractivity contribution in [2.24, 2.45) is 0 Å². The maximum absolute atomic E-state index is 11.7. The zero-order chi connectivity index (χ0) is 12.4. The third-order valence-corrected chi connectivity index (χ3v) is 2.59. The van der Waals surface area contributed by atoms with Crippen molar-refractivity contribution in [2.75, 3.05) is 25.6 Å². The van der Waals surface area contributed by atoms with Crippen LogP contribution in [-0.2, 0) is 9.53 Å². The predicted molar refractivity (Wildman–Crippen MR) is 61.5 cm³/mol. The molecule has 0 bridgehead atoms. The topological polar surface area (TPSA) is 64.6 Å². The molecule has 1 heterocycles. The normalized spacial score (nSPS) is 13.5. The lowest BCUT2D eigenvalue weighted by Gasteiger charge is -2.10. The fraction of sp³-hybridized carbons (Fsp3) is 0.333. The van der Waals surface area contributed by atoms with E-state index >= 15 is 0 Å². The molecule has 0 radical (unpaired) electrons. The first-order chi connectivity index (χ1) is 8.15. The van der Waals surface area contributed by atoms with Gasteiger partial charge in [0.2, 0.25) is 0 Å². The van der Waals surface area contributed by atoms with Crippen LogP contribution in [0.25, 0.3) is 0 Å². The van der Waals surface area contributed by atoms with Crippen LogP contribution in [0.4, 0.5) is 5.69 Å². The number of carbonyl (C=O) groups is 2. The molecule has 0 aromatic heterocycles. The minimum atomic E-state index is -0.606. The smallest absolute Gasteiger partial charge is 0.297 e. The van der Waals surface area contributed by atoms with Crippen molar-refractivity contribution < 1.29 is 19.1 Å². The second-order valence-electron chi connectivity index (χ2n) is 3.76. The lowest BCUT2D eigenvalue weighted by atomic mass is 10.1. The van der Waals surface area contributed by atoms with Crippen molar-refractivity contribution in [1.82, 2.24) is 0 Å². The molecule has 1 aliphatic rings. The van der Waals surface area contributed by atoms with Crippen molar-refractivity contribution in [3.8, 4) is 5.75 Å². The van der Waals surface area contributed by atoms with Gasteiger partial charge in [-0.1, -0.05) is 6.07 Å². The highest BCUT2D eigenvalue weighted by Gasteiger charge is 2.32. The first-order valence-electron chi connectivity index (χ1n) is 5.26. The van der Waals surface area contributed by atoms with Gasteiger partial charge < -0.3 is 14.8 Å². The summed E-state index contributed by atoms with van der Waals surface area (Å²) in [4.78, 5) is 23.0. The van der Waals surface area contributed by atoms with E-state index in [0.717, 1.165) is 5.56 Å². The van der Waals surface area contributed by atoms with Gasteiger partial charge in [0.25, 0.3) is 11.7 Å². The molecule has 0 fully saturated rings. The van der Waals surface area contributed by atoms with Gasteiger partial charge >= 0.3 is 0 Å². The molecule has 2 rings (SSSR count). The van der Waals surface area contributed by atoms with Gasteiger partial charge in [-0.2, -0.15) is 0 Å². The van der Waals surface area contributed by atoms with Gasteiger partial charge in [-0.3, -0.25) is 9.59 Å². The average molecular weight is 235 g/mol. The predicted octanol–water partition coefficient (Wildman–Crippen LogP) is 1.16. The summed E-state index contributed by atoms with van der Waals surface area (Å²) in [6.07, 6.45) is 0. The van der Waals surface area contributed by atoms with Crippen LogP contribution in [0.3, 0.4) is 0 Å². The van der Waals surface area contributed by atoms with E-state index in [2.05, 4.69) is 5.32 Å². The lowest BCUT2D eigenvalue weighted by Crippen LogP contribution is -2.13. The number of ether oxygens (including phenoxy) is 2. The number of carbonyl (C=O) groups excluding carboxylic acids is 2. The molecular weight excluding hydrogens is 222 g/mol. The summed E-state index contributed by atoms with van der Waals surface area (Å²) in [5.74, 6) is -0.729. The molecule has 0 spiro atoms. The number of hydrogen-bond acceptors (Lipinski definition) is 4. The van der Waals surface area contributed by atoms with Crippen LogP contribution in [0.5, 0.6) is 5.75 Å². The van der Waals surface area contributed by atoms with Gasteiger partial charge in [-0.05, 0) is 18.6 Å². The number of methoxy groups -OCH3 is 1. The minimum absolute atomic E-state index is 0.325. The van der Waals surface area contributed by atoms with Gasteiger partial charge in [-0.15, -0.1) is 0 Å². The molecule has 17 heavy (non-hydrogen) atoms. The summed E-state index contributed by atoms with van der Waals surface area (Å²) >= 11 is 0.